The predicted octanol–water partition coefficient (Wildman–Crippen LogP) is 1.89. The van der Waals surface area contributed by atoms with E-state index in [4.69, 9.17) is 9.47 Å². The number of esters is 1. The summed E-state index contributed by atoms with van der Waals surface area (Å²) >= 11 is 1.49. The molecule has 114 valence electrons. The second-order valence-electron chi connectivity index (χ2n) is 5.08. The van der Waals surface area contributed by atoms with E-state index >= 15 is 0 Å². The van der Waals surface area contributed by atoms with E-state index < -0.39 is 0 Å². The molecule has 0 bridgehead atoms. The molecule has 2 aliphatic rings. The summed E-state index contributed by atoms with van der Waals surface area (Å²) in [5.74, 6) is -0.369. The quantitative estimate of drug-likeness (QED) is 0.847. The van der Waals surface area contributed by atoms with Gasteiger partial charge in [-0.05, 0) is 24.8 Å². The van der Waals surface area contributed by atoms with Crippen molar-refractivity contribution in [1.82, 2.24) is 4.90 Å². The number of fused-ring (bicyclic) bond motifs is 1. The molecule has 0 spiro atoms. The zero-order chi connectivity index (χ0) is 14.8. The van der Waals surface area contributed by atoms with Crippen LogP contribution in [0.25, 0.3) is 0 Å². The van der Waals surface area contributed by atoms with Crippen LogP contribution in [0.1, 0.15) is 27.2 Å². The molecule has 6 nitrogen and oxygen atoms in total. The maximum absolute atomic E-state index is 12.3. The lowest BCUT2D eigenvalue weighted by Crippen LogP contribution is -2.43. The van der Waals surface area contributed by atoms with E-state index in [0.717, 1.165) is 24.8 Å². The van der Waals surface area contributed by atoms with Crippen LogP contribution in [0.15, 0.2) is 0 Å². The van der Waals surface area contributed by atoms with Gasteiger partial charge in [-0.25, -0.2) is 9.59 Å². The van der Waals surface area contributed by atoms with E-state index in [1.165, 1.54) is 23.3 Å². The van der Waals surface area contributed by atoms with Gasteiger partial charge in [0, 0.05) is 18.0 Å². The normalized spacial score (nSPS) is 17.5. The van der Waals surface area contributed by atoms with Gasteiger partial charge in [-0.1, -0.05) is 0 Å². The highest BCUT2D eigenvalue weighted by Gasteiger charge is 2.29. The number of hydrogen-bond donors (Lipinski definition) is 1. The van der Waals surface area contributed by atoms with Crippen LogP contribution < -0.4 is 5.32 Å². The van der Waals surface area contributed by atoms with E-state index in [1.807, 2.05) is 0 Å². The summed E-state index contributed by atoms with van der Waals surface area (Å²) in [4.78, 5) is 27.2. The molecule has 1 aliphatic carbocycles. The van der Waals surface area contributed by atoms with Crippen LogP contribution in [0.3, 0.4) is 0 Å². The minimum absolute atomic E-state index is 0.177. The molecule has 2 amide bonds. The number of nitrogens with zero attached hydrogens (tertiary/aromatic N) is 1. The third-order valence-electron chi connectivity index (χ3n) is 3.83. The molecule has 1 fully saturated rings. The Morgan fingerprint density at radius 2 is 2.05 bits per heavy atom. The fourth-order valence-corrected chi connectivity index (χ4v) is 4.02. The van der Waals surface area contributed by atoms with Gasteiger partial charge >= 0.3 is 12.0 Å². The SMILES string of the molecule is COC(=O)c1c(NC(=O)N2CCOCC2)sc2c1CCC2. The van der Waals surface area contributed by atoms with E-state index in [-0.39, 0.29) is 12.0 Å². The van der Waals surface area contributed by atoms with Crippen molar-refractivity contribution in [3.05, 3.63) is 16.0 Å². The van der Waals surface area contributed by atoms with Crippen LogP contribution in [0.2, 0.25) is 0 Å². The van der Waals surface area contributed by atoms with Crippen LogP contribution in [0.4, 0.5) is 9.80 Å². The number of hydrogen-bond acceptors (Lipinski definition) is 5. The predicted molar refractivity (Wildman–Crippen MR) is 79.1 cm³/mol. The van der Waals surface area contributed by atoms with Gasteiger partial charge in [-0.15, -0.1) is 11.3 Å². The number of morpholine rings is 1. The van der Waals surface area contributed by atoms with Gasteiger partial charge < -0.3 is 14.4 Å². The second-order valence-corrected chi connectivity index (χ2v) is 6.19. The van der Waals surface area contributed by atoms with Crippen molar-refractivity contribution in [2.75, 3.05) is 38.7 Å². The lowest BCUT2D eigenvalue weighted by molar-refractivity contribution is 0.0564. The molecule has 3 rings (SSSR count). The summed E-state index contributed by atoms with van der Waals surface area (Å²) in [5.41, 5.74) is 1.58. The highest BCUT2D eigenvalue weighted by atomic mass is 32.1. The fourth-order valence-electron chi connectivity index (χ4n) is 2.75. The number of amides is 2. The summed E-state index contributed by atoms with van der Waals surface area (Å²) in [6, 6.07) is -0.177. The third-order valence-corrected chi connectivity index (χ3v) is 5.04. The average Bonchev–Trinajstić information content (AvgIpc) is 3.07. The number of carbonyl (C=O) groups is 2. The van der Waals surface area contributed by atoms with Crippen molar-refractivity contribution in [2.45, 2.75) is 19.3 Å². The van der Waals surface area contributed by atoms with Gasteiger partial charge in [0.2, 0.25) is 0 Å². The molecule has 2 heterocycles. The summed E-state index contributed by atoms with van der Waals surface area (Å²) in [6.07, 6.45) is 2.91. The Kier molecular flexibility index (Phi) is 4.12. The minimum atomic E-state index is -0.369. The molecule has 1 aromatic heterocycles. The molecule has 1 N–H and O–H groups in total. The first kappa shape index (κ1) is 14.3. The number of thiophene rings is 1. The summed E-state index contributed by atoms with van der Waals surface area (Å²) < 4.78 is 10.1. The van der Waals surface area contributed by atoms with Crippen molar-refractivity contribution in [3.8, 4) is 0 Å². The molecular weight excluding hydrogens is 292 g/mol. The fraction of sp³-hybridized carbons (Fsp3) is 0.571. The second kappa shape index (κ2) is 6.03. The smallest absolute Gasteiger partial charge is 0.341 e. The lowest BCUT2D eigenvalue weighted by Gasteiger charge is -2.26. The Morgan fingerprint density at radius 3 is 2.76 bits per heavy atom. The Morgan fingerprint density at radius 1 is 1.29 bits per heavy atom. The third kappa shape index (κ3) is 2.75. The average molecular weight is 310 g/mol. The summed E-state index contributed by atoms with van der Waals surface area (Å²) in [5, 5.41) is 3.49. The Bertz CT molecular complexity index is 564. The van der Waals surface area contributed by atoms with E-state index in [0.29, 0.717) is 36.9 Å². The van der Waals surface area contributed by atoms with Crippen molar-refractivity contribution in [2.24, 2.45) is 0 Å². The molecule has 1 aliphatic heterocycles. The molecule has 0 aromatic carbocycles. The highest BCUT2D eigenvalue weighted by molar-refractivity contribution is 7.17. The first-order valence-corrected chi connectivity index (χ1v) is 7.89. The van der Waals surface area contributed by atoms with E-state index in [1.54, 1.807) is 4.90 Å². The number of carbonyl (C=O) groups excluding carboxylic acids is 2. The van der Waals surface area contributed by atoms with Gasteiger partial charge in [0.25, 0.3) is 0 Å². The van der Waals surface area contributed by atoms with Crippen LogP contribution in [0, 0.1) is 0 Å². The van der Waals surface area contributed by atoms with E-state index in [9.17, 15) is 9.59 Å². The van der Waals surface area contributed by atoms with Crippen LogP contribution in [-0.4, -0.2) is 50.3 Å². The van der Waals surface area contributed by atoms with Crippen LogP contribution in [-0.2, 0) is 22.3 Å². The summed E-state index contributed by atoms with van der Waals surface area (Å²) in [7, 11) is 1.37. The minimum Gasteiger partial charge on any atom is -0.465 e. The van der Waals surface area contributed by atoms with Crippen LogP contribution in [0.5, 0.6) is 0 Å². The van der Waals surface area contributed by atoms with Gasteiger partial charge in [-0.3, -0.25) is 5.32 Å². The molecule has 1 aromatic rings. The number of urea groups is 1. The van der Waals surface area contributed by atoms with Gasteiger partial charge in [0.15, 0.2) is 0 Å². The number of rotatable bonds is 2. The molecule has 21 heavy (non-hydrogen) atoms. The zero-order valence-electron chi connectivity index (χ0n) is 11.9. The number of anilines is 1. The molecule has 7 heteroatoms. The first-order chi connectivity index (χ1) is 10.2. The van der Waals surface area contributed by atoms with Crippen LogP contribution >= 0.6 is 11.3 Å². The van der Waals surface area contributed by atoms with Crippen molar-refractivity contribution < 1.29 is 19.1 Å². The van der Waals surface area contributed by atoms with Crippen molar-refractivity contribution >= 4 is 28.3 Å². The molecule has 0 atom stereocenters. The first-order valence-electron chi connectivity index (χ1n) is 7.07. The Balaban J connectivity index is 1.81. The molecule has 0 saturated carbocycles. The molecule has 1 saturated heterocycles. The monoisotopic (exact) mass is 310 g/mol. The summed E-state index contributed by atoms with van der Waals surface area (Å²) in [6.45, 7) is 2.26. The number of ether oxygens (including phenoxy) is 2. The topological polar surface area (TPSA) is 67.9 Å². The molecular formula is C14H18N2O4S. The van der Waals surface area contributed by atoms with Gasteiger partial charge in [0.05, 0.1) is 25.9 Å². The van der Waals surface area contributed by atoms with Gasteiger partial charge in [0.1, 0.15) is 5.00 Å². The zero-order valence-corrected chi connectivity index (χ0v) is 12.8. The van der Waals surface area contributed by atoms with E-state index in [2.05, 4.69) is 5.32 Å². The Labute approximate surface area is 127 Å². The Hall–Kier alpha value is -1.60. The molecule has 0 unspecified atom stereocenters. The standard InChI is InChI=1S/C14H18N2O4S/c1-19-13(17)11-9-3-2-4-10(9)21-12(11)15-14(18)16-5-7-20-8-6-16/h2-8H2,1H3,(H,15,18). The van der Waals surface area contributed by atoms with Crippen molar-refractivity contribution in [1.29, 1.82) is 0 Å². The number of aryl methyl sites for hydroxylation is 1. The van der Waals surface area contributed by atoms with Crippen molar-refractivity contribution in [3.63, 3.8) is 0 Å². The molecule has 0 radical (unpaired) electrons. The maximum atomic E-state index is 12.3. The highest BCUT2D eigenvalue weighted by Crippen LogP contribution is 2.39. The van der Waals surface area contributed by atoms with Gasteiger partial charge in [-0.2, -0.15) is 0 Å². The maximum Gasteiger partial charge on any atom is 0.341 e. The number of methoxy groups -OCH3 is 1. The number of nitrogens with one attached hydrogen (secondary N) is 1. The lowest BCUT2D eigenvalue weighted by atomic mass is 10.1. The largest absolute Gasteiger partial charge is 0.465 e.